The molecule has 0 aliphatic heterocycles. The summed E-state index contributed by atoms with van der Waals surface area (Å²) in [5.41, 5.74) is 2.31. The molecular weight excluding hydrogens is 214 g/mol. The smallest absolute Gasteiger partial charge is 0.124 e. The van der Waals surface area contributed by atoms with Crippen molar-refractivity contribution in [3.63, 3.8) is 0 Å². The minimum atomic E-state index is 0.316. The molecule has 0 unspecified atom stereocenters. The maximum absolute atomic E-state index is 10.6. The van der Waals surface area contributed by atoms with E-state index in [-0.39, 0.29) is 0 Å². The Bertz CT molecular complexity index is 552. The van der Waals surface area contributed by atoms with Crippen molar-refractivity contribution in [3.05, 3.63) is 36.2 Å². The van der Waals surface area contributed by atoms with Gasteiger partial charge in [-0.3, -0.25) is 9.67 Å². The Hall–Kier alpha value is -2.41. The summed E-state index contributed by atoms with van der Waals surface area (Å²) in [5.74, 6) is 2.51. The van der Waals surface area contributed by atoms with E-state index in [2.05, 4.69) is 16.0 Å². The summed E-state index contributed by atoms with van der Waals surface area (Å²) in [6, 6.07) is 5.57. The van der Waals surface area contributed by atoms with Crippen molar-refractivity contribution in [1.29, 1.82) is 0 Å². The van der Waals surface area contributed by atoms with E-state index in [0.717, 1.165) is 17.5 Å². The van der Waals surface area contributed by atoms with Crippen molar-refractivity contribution in [3.8, 4) is 23.7 Å². The lowest BCUT2D eigenvalue weighted by molar-refractivity contribution is -0.107. The fraction of sp³-hybridized carbons (Fsp3) is 0.154. The predicted molar refractivity (Wildman–Crippen MR) is 64.1 cm³/mol. The summed E-state index contributed by atoms with van der Waals surface area (Å²) in [7, 11) is 0. The second-order valence-electron chi connectivity index (χ2n) is 3.49. The zero-order valence-electron chi connectivity index (χ0n) is 9.21. The number of hydrogen-bond donors (Lipinski definition) is 0. The molecule has 0 amide bonds. The Balaban J connectivity index is 2.44. The van der Waals surface area contributed by atoms with E-state index < -0.39 is 0 Å². The van der Waals surface area contributed by atoms with Gasteiger partial charge in [-0.25, -0.2) is 0 Å². The molecule has 4 nitrogen and oxygen atoms in total. The lowest BCUT2D eigenvalue weighted by Crippen LogP contribution is -1.95. The van der Waals surface area contributed by atoms with Gasteiger partial charge in [0.25, 0.3) is 0 Å². The molecule has 0 saturated carbocycles. The first-order valence-electron chi connectivity index (χ1n) is 5.20. The molecule has 0 aliphatic carbocycles. The van der Waals surface area contributed by atoms with Crippen molar-refractivity contribution in [2.45, 2.75) is 13.0 Å². The summed E-state index contributed by atoms with van der Waals surface area (Å²) in [4.78, 5) is 14.8. The van der Waals surface area contributed by atoms with Gasteiger partial charge in [0.15, 0.2) is 0 Å². The number of rotatable bonds is 4. The molecule has 2 aromatic heterocycles. The number of carbonyl (C=O) groups is 1. The van der Waals surface area contributed by atoms with Crippen molar-refractivity contribution in [1.82, 2.24) is 14.8 Å². The van der Waals surface area contributed by atoms with Gasteiger partial charge in [-0.05, 0) is 12.1 Å². The highest BCUT2D eigenvalue weighted by Crippen LogP contribution is 2.19. The molecular formula is C13H11N3O. The fourth-order valence-electron chi connectivity index (χ4n) is 1.59. The van der Waals surface area contributed by atoms with Gasteiger partial charge in [-0.15, -0.1) is 6.42 Å². The molecule has 0 aliphatic rings. The summed E-state index contributed by atoms with van der Waals surface area (Å²) in [6.07, 6.45) is 9.89. The number of carbonyl (C=O) groups excluding carboxylic acids is 1. The Morgan fingerprint density at radius 1 is 1.47 bits per heavy atom. The normalized spacial score (nSPS) is 9.82. The molecule has 0 N–H and O–H groups in total. The van der Waals surface area contributed by atoms with Gasteiger partial charge in [0, 0.05) is 24.4 Å². The molecule has 2 aromatic rings. The molecule has 4 heteroatoms. The van der Waals surface area contributed by atoms with Crippen LogP contribution in [0.1, 0.15) is 5.56 Å². The number of aldehydes is 1. The van der Waals surface area contributed by atoms with Crippen LogP contribution >= 0.6 is 0 Å². The first-order valence-corrected chi connectivity index (χ1v) is 5.20. The van der Waals surface area contributed by atoms with Crippen LogP contribution in [0, 0.1) is 12.3 Å². The van der Waals surface area contributed by atoms with E-state index >= 15 is 0 Å². The molecule has 0 radical (unpaired) electrons. The van der Waals surface area contributed by atoms with Gasteiger partial charge in [-0.2, -0.15) is 5.10 Å². The van der Waals surface area contributed by atoms with Crippen LogP contribution in [0.4, 0.5) is 0 Å². The maximum atomic E-state index is 10.6. The minimum absolute atomic E-state index is 0.316. The minimum Gasteiger partial charge on any atom is -0.303 e. The first-order chi connectivity index (χ1) is 8.35. The van der Waals surface area contributed by atoms with Crippen LogP contribution in [-0.4, -0.2) is 21.1 Å². The molecule has 0 spiro atoms. The Morgan fingerprint density at radius 2 is 2.35 bits per heavy atom. The summed E-state index contributed by atoms with van der Waals surface area (Å²) in [5, 5.41) is 4.34. The third kappa shape index (κ3) is 2.40. The maximum Gasteiger partial charge on any atom is 0.124 e. The molecule has 0 saturated heterocycles. The number of nitrogens with zero attached hydrogens (tertiary/aromatic N) is 3. The second kappa shape index (κ2) is 5.08. The quantitative estimate of drug-likeness (QED) is 0.582. The van der Waals surface area contributed by atoms with E-state index in [0.29, 0.717) is 18.7 Å². The number of pyridine rings is 1. The van der Waals surface area contributed by atoms with E-state index in [4.69, 9.17) is 6.42 Å². The van der Waals surface area contributed by atoms with Gasteiger partial charge in [0.2, 0.25) is 0 Å². The zero-order valence-corrected chi connectivity index (χ0v) is 9.21. The van der Waals surface area contributed by atoms with E-state index in [1.54, 1.807) is 17.1 Å². The average Bonchev–Trinajstić information content (AvgIpc) is 2.74. The number of hydrogen-bond acceptors (Lipinski definition) is 3. The van der Waals surface area contributed by atoms with E-state index in [1.807, 2.05) is 18.2 Å². The van der Waals surface area contributed by atoms with Crippen LogP contribution in [0.3, 0.4) is 0 Å². The average molecular weight is 225 g/mol. The highest BCUT2D eigenvalue weighted by atomic mass is 16.1. The summed E-state index contributed by atoms with van der Waals surface area (Å²) < 4.78 is 1.64. The van der Waals surface area contributed by atoms with Crippen LogP contribution in [0.25, 0.3) is 11.4 Å². The SMILES string of the molecule is C#CCn1cc(CC=O)c(-c2ccccn2)n1. The molecule has 84 valence electrons. The molecule has 17 heavy (non-hydrogen) atoms. The van der Waals surface area contributed by atoms with Gasteiger partial charge in [0.1, 0.15) is 18.5 Å². The Morgan fingerprint density at radius 3 is 3.00 bits per heavy atom. The van der Waals surface area contributed by atoms with Crippen LogP contribution in [0.15, 0.2) is 30.6 Å². The monoisotopic (exact) mass is 225 g/mol. The van der Waals surface area contributed by atoms with Gasteiger partial charge in [0.05, 0.1) is 5.69 Å². The van der Waals surface area contributed by atoms with Crippen LogP contribution in [-0.2, 0) is 17.8 Å². The second-order valence-corrected chi connectivity index (χ2v) is 3.49. The third-order valence-corrected chi connectivity index (χ3v) is 2.30. The van der Waals surface area contributed by atoms with E-state index in [9.17, 15) is 4.79 Å². The molecule has 0 aromatic carbocycles. The fourth-order valence-corrected chi connectivity index (χ4v) is 1.59. The van der Waals surface area contributed by atoms with Crippen LogP contribution in [0.2, 0.25) is 0 Å². The predicted octanol–water partition coefficient (Wildman–Crippen LogP) is 1.32. The Labute approximate surface area is 99.3 Å². The van der Waals surface area contributed by atoms with Gasteiger partial charge < -0.3 is 4.79 Å². The summed E-state index contributed by atoms with van der Waals surface area (Å²) >= 11 is 0. The molecule has 0 atom stereocenters. The standard InChI is InChI=1S/C13H11N3O/c1-2-8-16-10-11(6-9-17)13(15-16)12-5-3-4-7-14-12/h1,3-5,7,9-10H,6,8H2. The number of aromatic nitrogens is 3. The van der Waals surface area contributed by atoms with Crippen LogP contribution < -0.4 is 0 Å². The third-order valence-electron chi connectivity index (χ3n) is 2.30. The van der Waals surface area contributed by atoms with Gasteiger partial charge >= 0.3 is 0 Å². The lowest BCUT2D eigenvalue weighted by atomic mass is 10.1. The molecule has 2 rings (SSSR count). The van der Waals surface area contributed by atoms with Crippen molar-refractivity contribution >= 4 is 6.29 Å². The Kier molecular flexibility index (Phi) is 3.31. The summed E-state index contributed by atoms with van der Waals surface area (Å²) in [6.45, 7) is 0.388. The highest BCUT2D eigenvalue weighted by molar-refractivity contribution is 5.65. The van der Waals surface area contributed by atoms with Crippen molar-refractivity contribution < 1.29 is 4.79 Å². The van der Waals surface area contributed by atoms with Crippen LogP contribution in [0.5, 0.6) is 0 Å². The lowest BCUT2D eigenvalue weighted by Gasteiger charge is -1.97. The largest absolute Gasteiger partial charge is 0.303 e. The molecule has 2 heterocycles. The molecule has 0 fully saturated rings. The highest BCUT2D eigenvalue weighted by Gasteiger charge is 2.11. The van der Waals surface area contributed by atoms with Crippen molar-refractivity contribution in [2.24, 2.45) is 0 Å². The first kappa shape index (κ1) is 11.1. The number of terminal acetylenes is 1. The topological polar surface area (TPSA) is 47.8 Å². The molecule has 0 bridgehead atoms. The zero-order chi connectivity index (χ0) is 12.1. The van der Waals surface area contributed by atoms with E-state index in [1.165, 1.54) is 0 Å². The van der Waals surface area contributed by atoms with Gasteiger partial charge in [-0.1, -0.05) is 12.0 Å². The van der Waals surface area contributed by atoms with Crippen molar-refractivity contribution in [2.75, 3.05) is 0 Å².